The lowest BCUT2D eigenvalue weighted by atomic mass is 10.2. The molecule has 0 radical (unpaired) electrons. The molecule has 1 aromatic heterocycles. The summed E-state index contributed by atoms with van der Waals surface area (Å²) in [6.45, 7) is 1.04. The largest absolute Gasteiger partial charge is 0.462 e. The van der Waals surface area contributed by atoms with Crippen molar-refractivity contribution in [2.24, 2.45) is 0 Å². The molecule has 1 aliphatic rings. The van der Waals surface area contributed by atoms with Crippen molar-refractivity contribution in [3.8, 4) is 0 Å². The first-order valence-electron chi connectivity index (χ1n) is 7.32. The Labute approximate surface area is 130 Å². The molecule has 0 spiro atoms. The maximum Gasteiger partial charge on any atom is 0.330 e. The van der Waals surface area contributed by atoms with Gasteiger partial charge in [-0.15, -0.1) is 0 Å². The van der Waals surface area contributed by atoms with Crippen LogP contribution in [0.25, 0.3) is 6.08 Å². The van der Waals surface area contributed by atoms with Gasteiger partial charge in [-0.25, -0.2) is 9.78 Å². The Kier molecular flexibility index (Phi) is 6.70. The van der Waals surface area contributed by atoms with Gasteiger partial charge in [0, 0.05) is 18.7 Å². The van der Waals surface area contributed by atoms with Gasteiger partial charge in [0.1, 0.15) is 5.15 Å². The number of ether oxygens (including phenoxy) is 2. The molecule has 0 amide bonds. The minimum Gasteiger partial charge on any atom is -0.462 e. The Morgan fingerprint density at radius 2 is 2.19 bits per heavy atom. The molecule has 0 atom stereocenters. The van der Waals surface area contributed by atoms with Crippen LogP contribution in [-0.2, 0) is 14.3 Å². The predicted octanol–water partition coefficient (Wildman–Crippen LogP) is 3.64. The minimum absolute atomic E-state index is 0.358. The van der Waals surface area contributed by atoms with E-state index in [1.165, 1.54) is 18.9 Å². The molecule has 0 saturated heterocycles. The van der Waals surface area contributed by atoms with Crippen molar-refractivity contribution in [3.63, 3.8) is 0 Å². The number of hydrogen-bond donors (Lipinski definition) is 0. The van der Waals surface area contributed by atoms with Crippen molar-refractivity contribution in [2.75, 3.05) is 13.2 Å². The molecule has 2 rings (SSSR count). The first-order chi connectivity index (χ1) is 10.2. The molecule has 1 saturated carbocycles. The second-order valence-corrected chi connectivity index (χ2v) is 5.43. The number of halogens is 1. The van der Waals surface area contributed by atoms with Crippen LogP contribution in [0.15, 0.2) is 24.4 Å². The predicted molar refractivity (Wildman–Crippen MR) is 82.1 cm³/mol. The van der Waals surface area contributed by atoms with Crippen molar-refractivity contribution >= 4 is 23.6 Å². The van der Waals surface area contributed by atoms with Gasteiger partial charge in [0.15, 0.2) is 0 Å². The number of pyridine rings is 1. The number of aromatic nitrogens is 1. The molecule has 0 N–H and O–H groups in total. The van der Waals surface area contributed by atoms with Crippen molar-refractivity contribution in [1.29, 1.82) is 0 Å². The van der Waals surface area contributed by atoms with E-state index in [2.05, 4.69) is 4.98 Å². The normalized spacial score (nSPS) is 15.7. The van der Waals surface area contributed by atoms with Gasteiger partial charge in [-0.3, -0.25) is 0 Å². The monoisotopic (exact) mass is 309 g/mol. The standard InChI is InChI=1S/C16H20ClNO3/c17-15-12-13(8-9-18-15)6-7-16(19)21-11-3-10-20-14-4-1-2-5-14/h6-9,12,14H,1-5,10-11H2. The Morgan fingerprint density at radius 1 is 1.38 bits per heavy atom. The highest BCUT2D eigenvalue weighted by Gasteiger charge is 2.14. The highest BCUT2D eigenvalue weighted by Crippen LogP contribution is 2.20. The van der Waals surface area contributed by atoms with Crippen LogP contribution in [0.2, 0.25) is 5.15 Å². The number of carbonyl (C=O) groups excluding carboxylic acids is 1. The second-order valence-electron chi connectivity index (χ2n) is 5.04. The molecule has 1 aliphatic carbocycles. The summed E-state index contributed by atoms with van der Waals surface area (Å²) in [6.07, 6.45) is 10.7. The van der Waals surface area contributed by atoms with E-state index in [1.807, 2.05) is 0 Å². The highest BCUT2D eigenvalue weighted by atomic mass is 35.5. The topological polar surface area (TPSA) is 48.4 Å². The van der Waals surface area contributed by atoms with Crippen molar-refractivity contribution in [3.05, 3.63) is 35.1 Å². The third-order valence-electron chi connectivity index (χ3n) is 3.35. The molecular weight excluding hydrogens is 290 g/mol. The lowest BCUT2D eigenvalue weighted by molar-refractivity contribution is -0.138. The van der Waals surface area contributed by atoms with Gasteiger partial charge in [0.25, 0.3) is 0 Å². The van der Waals surface area contributed by atoms with E-state index in [1.54, 1.807) is 24.4 Å². The molecular formula is C16H20ClNO3. The van der Waals surface area contributed by atoms with Gasteiger partial charge in [0.05, 0.1) is 19.3 Å². The molecule has 1 heterocycles. The van der Waals surface area contributed by atoms with Gasteiger partial charge in [-0.05, 0) is 36.6 Å². The van der Waals surface area contributed by atoms with Crippen LogP contribution in [0.3, 0.4) is 0 Å². The summed E-state index contributed by atoms with van der Waals surface area (Å²) in [5, 5.41) is 0.398. The summed E-state index contributed by atoms with van der Waals surface area (Å²) in [5.41, 5.74) is 0.816. The van der Waals surface area contributed by atoms with Gasteiger partial charge in [-0.1, -0.05) is 24.4 Å². The lowest BCUT2D eigenvalue weighted by Crippen LogP contribution is -2.11. The fourth-order valence-electron chi connectivity index (χ4n) is 2.27. The molecule has 0 bridgehead atoms. The van der Waals surface area contributed by atoms with Crippen molar-refractivity contribution < 1.29 is 14.3 Å². The Hall–Kier alpha value is -1.39. The van der Waals surface area contributed by atoms with Crippen LogP contribution in [0, 0.1) is 0 Å². The van der Waals surface area contributed by atoms with E-state index < -0.39 is 0 Å². The van der Waals surface area contributed by atoms with E-state index >= 15 is 0 Å². The third-order valence-corrected chi connectivity index (χ3v) is 3.56. The Morgan fingerprint density at radius 3 is 2.95 bits per heavy atom. The highest BCUT2D eigenvalue weighted by molar-refractivity contribution is 6.29. The van der Waals surface area contributed by atoms with E-state index in [9.17, 15) is 4.79 Å². The van der Waals surface area contributed by atoms with Crippen molar-refractivity contribution in [1.82, 2.24) is 4.98 Å². The summed E-state index contributed by atoms with van der Waals surface area (Å²) in [5.74, 6) is -0.358. The van der Waals surface area contributed by atoms with E-state index in [0.29, 0.717) is 24.5 Å². The lowest BCUT2D eigenvalue weighted by Gasteiger charge is -2.10. The number of rotatable bonds is 7. The van der Waals surface area contributed by atoms with Gasteiger partial charge in [-0.2, -0.15) is 0 Å². The van der Waals surface area contributed by atoms with Crippen LogP contribution >= 0.6 is 11.6 Å². The van der Waals surface area contributed by atoms with E-state index in [4.69, 9.17) is 21.1 Å². The smallest absolute Gasteiger partial charge is 0.330 e. The molecule has 5 heteroatoms. The number of esters is 1. The first-order valence-corrected chi connectivity index (χ1v) is 7.70. The number of hydrogen-bond acceptors (Lipinski definition) is 4. The average Bonchev–Trinajstić information content (AvgIpc) is 2.98. The molecule has 1 aromatic rings. The summed E-state index contributed by atoms with van der Waals surface area (Å²) >= 11 is 5.76. The first kappa shape index (κ1) is 16.0. The zero-order valence-corrected chi connectivity index (χ0v) is 12.7. The van der Waals surface area contributed by atoms with Gasteiger partial charge >= 0.3 is 5.97 Å². The number of carbonyl (C=O) groups is 1. The summed E-state index contributed by atoms with van der Waals surface area (Å²) in [7, 11) is 0. The summed E-state index contributed by atoms with van der Waals surface area (Å²) in [6, 6.07) is 3.45. The zero-order chi connectivity index (χ0) is 14.9. The zero-order valence-electron chi connectivity index (χ0n) is 12.0. The van der Waals surface area contributed by atoms with Gasteiger partial charge < -0.3 is 9.47 Å². The molecule has 21 heavy (non-hydrogen) atoms. The third kappa shape index (κ3) is 6.27. The maximum absolute atomic E-state index is 11.5. The molecule has 114 valence electrons. The Bertz CT molecular complexity index is 484. The fraction of sp³-hybridized carbons (Fsp3) is 0.500. The molecule has 0 aromatic carbocycles. The second kappa shape index (κ2) is 8.80. The van der Waals surface area contributed by atoms with Crippen LogP contribution in [0.1, 0.15) is 37.7 Å². The quantitative estimate of drug-likeness (QED) is 0.334. The molecule has 0 aliphatic heterocycles. The van der Waals surface area contributed by atoms with E-state index in [0.717, 1.165) is 24.8 Å². The SMILES string of the molecule is O=C(C=Cc1ccnc(Cl)c1)OCCCOC1CCCC1. The van der Waals surface area contributed by atoms with Crippen LogP contribution in [-0.4, -0.2) is 30.3 Å². The van der Waals surface area contributed by atoms with E-state index in [-0.39, 0.29) is 5.97 Å². The molecule has 1 fully saturated rings. The maximum atomic E-state index is 11.5. The van der Waals surface area contributed by atoms with Gasteiger partial charge in [0.2, 0.25) is 0 Å². The minimum atomic E-state index is -0.358. The molecule has 4 nitrogen and oxygen atoms in total. The summed E-state index contributed by atoms with van der Waals surface area (Å²) < 4.78 is 10.8. The fourth-order valence-corrected chi connectivity index (χ4v) is 2.45. The van der Waals surface area contributed by atoms with Crippen molar-refractivity contribution in [2.45, 2.75) is 38.2 Å². The van der Waals surface area contributed by atoms with Crippen LogP contribution in [0.5, 0.6) is 0 Å². The average molecular weight is 310 g/mol. The Balaban J connectivity index is 1.58. The molecule has 0 unspecified atom stereocenters. The number of nitrogens with zero attached hydrogens (tertiary/aromatic N) is 1. The van der Waals surface area contributed by atoms with Crippen LogP contribution < -0.4 is 0 Å². The summed E-state index contributed by atoms with van der Waals surface area (Å²) in [4.78, 5) is 15.4. The van der Waals surface area contributed by atoms with Crippen LogP contribution in [0.4, 0.5) is 0 Å².